The molecule has 0 radical (unpaired) electrons. The van der Waals surface area contributed by atoms with Gasteiger partial charge in [0.15, 0.2) is 0 Å². The Labute approximate surface area is 136 Å². The number of ether oxygens (including phenoxy) is 2. The summed E-state index contributed by atoms with van der Waals surface area (Å²) in [6.45, 7) is 0. The zero-order valence-corrected chi connectivity index (χ0v) is 13.3. The Morgan fingerprint density at radius 3 is 1.39 bits per heavy atom. The van der Waals surface area contributed by atoms with E-state index in [0.29, 0.717) is 0 Å². The molecule has 0 amide bonds. The van der Waals surface area contributed by atoms with Crippen molar-refractivity contribution in [1.29, 1.82) is 0 Å². The van der Waals surface area contributed by atoms with Gasteiger partial charge in [-0.05, 0) is 53.1 Å². The quantitative estimate of drug-likeness (QED) is 0.705. The van der Waals surface area contributed by atoms with Gasteiger partial charge in [0.05, 0.1) is 14.2 Å². The maximum Gasteiger partial charge on any atom is 0.118 e. The average molecular weight is 305 g/mol. The Kier molecular flexibility index (Phi) is 4.57. The van der Waals surface area contributed by atoms with Crippen LogP contribution in [0.5, 0.6) is 11.5 Å². The van der Waals surface area contributed by atoms with Crippen LogP contribution < -0.4 is 9.47 Å². The summed E-state index contributed by atoms with van der Waals surface area (Å²) in [5, 5.41) is 0. The number of methoxy groups -OCH3 is 2. The normalized spacial score (nSPS) is 10.6. The largest absolute Gasteiger partial charge is 0.497 e. The molecule has 116 valence electrons. The summed E-state index contributed by atoms with van der Waals surface area (Å²) in [5.41, 5.74) is 3.62. The van der Waals surface area contributed by atoms with Crippen LogP contribution in [0.15, 0.2) is 73.1 Å². The fraction of sp³-hybridized carbons (Fsp3) is 0.150. The van der Waals surface area contributed by atoms with Gasteiger partial charge in [0.2, 0.25) is 0 Å². The molecule has 0 aliphatic rings. The van der Waals surface area contributed by atoms with Crippen molar-refractivity contribution in [3.05, 3.63) is 89.7 Å². The lowest BCUT2D eigenvalue weighted by atomic mass is 9.85. The van der Waals surface area contributed by atoms with Crippen molar-refractivity contribution in [2.45, 2.75) is 5.92 Å². The first-order valence-electron chi connectivity index (χ1n) is 7.49. The Bertz CT molecular complexity index is 689. The summed E-state index contributed by atoms with van der Waals surface area (Å²) in [6.07, 6.45) is 3.66. The van der Waals surface area contributed by atoms with Crippen LogP contribution >= 0.6 is 0 Å². The summed E-state index contributed by atoms with van der Waals surface area (Å²) in [7, 11) is 3.36. The van der Waals surface area contributed by atoms with Gasteiger partial charge in [0.25, 0.3) is 0 Å². The van der Waals surface area contributed by atoms with E-state index in [4.69, 9.17) is 9.47 Å². The van der Waals surface area contributed by atoms with Crippen LogP contribution in [0.25, 0.3) is 0 Å². The van der Waals surface area contributed by atoms with Gasteiger partial charge >= 0.3 is 0 Å². The SMILES string of the molecule is COc1ccc(C(c2ccncc2)c2ccc(OC)cc2)cc1. The second-order valence-electron chi connectivity index (χ2n) is 5.26. The second-order valence-corrected chi connectivity index (χ2v) is 5.26. The lowest BCUT2D eigenvalue weighted by Crippen LogP contribution is -2.03. The van der Waals surface area contributed by atoms with Gasteiger partial charge in [-0.15, -0.1) is 0 Å². The van der Waals surface area contributed by atoms with Gasteiger partial charge in [-0.3, -0.25) is 4.98 Å². The molecule has 0 N–H and O–H groups in total. The van der Waals surface area contributed by atoms with Gasteiger partial charge < -0.3 is 9.47 Å². The summed E-state index contributed by atoms with van der Waals surface area (Å²) < 4.78 is 10.5. The first kappa shape index (κ1) is 15.1. The molecule has 2 aromatic carbocycles. The van der Waals surface area contributed by atoms with E-state index in [-0.39, 0.29) is 5.92 Å². The highest BCUT2D eigenvalue weighted by Gasteiger charge is 2.16. The molecule has 3 nitrogen and oxygen atoms in total. The van der Waals surface area contributed by atoms with Gasteiger partial charge in [-0.25, -0.2) is 0 Å². The molecule has 3 heteroatoms. The van der Waals surface area contributed by atoms with Crippen molar-refractivity contribution in [3.8, 4) is 11.5 Å². The predicted molar refractivity (Wildman–Crippen MR) is 91.2 cm³/mol. The lowest BCUT2D eigenvalue weighted by Gasteiger charge is -2.19. The number of pyridine rings is 1. The topological polar surface area (TPSA) is 31.4 Å². The van der Waals surface area contributed by atoms with E-state index in [9.17, 15) is 0 Å². The van der Waals surface area contributed by atoms with Crippen molar-refractivity contribution in [1.82, 2.24) is 4.98 Å². The Morgan fingerprint density at radius 1 is 0.609 bits per heavy atom. The van der Waals surface area contributed by atoms with E-state index in [1.54, 1.807) is 14.2 Å². The Balaban J connectivity index is 2.05. The molecule has 0 atom stereocenters. The van der Waals surface area contributed by atoms with Gasteiger partial charge in [-0.2, -0.15) is 0 Å². The highest BCUT2D eigenvalue weighted by Crippen LogP contribution is 2.33. The second kappa shape index (κ2) is 6.97. The fourth-order valence-corrected chi connectivity index (χ4v) is 2.73. The molecule has 0 fully saturated rings. The van der Waals surface area contributed by atoms with Gasteiger partial charge in [0.1, 0.15) is 11.5 Å². The number of hydrogen-bond acceptors (Lipinski definition) is 3. The minimum Gasteiger partial charge on any atom is -0.497 e. The zero-order chi connectivity index (χ0) is 16.1. The molecule has 0 saturated heterocycles. The van der Waals surface area contributed by atoms with E-state index in [0.717, 1.165) is 11.5 Å². The molecule has 0 bridgehead atoms. The molecule has 3 aromatic rings. The van der Waals surface area contributed by atoms with Crippen LogP contribution in [0, 0.1) is 0 Å². The molecule has 0 spiro atoms. The third-order valence-corrected chi connectivity index (χ3v) is 3.94. The van der Waals surface area contributed by atoms with Gasteiger partial charge in [-0.1, -0.05) is 24.3 Å². The predicted octanol–water partition coefficient (Wildman–Crippen LogP) is 4.28. The van der Waals surface area contributed by atoms with Crippen molar-refractivity contribution in [3.63, 3.8) is 0 Å². The lowest BCUT2D eigenvalue weighted by molar-refractivity contribution is 0.414. The molecule has 0 unspecified atom stereocenters. The van der Waals surface area contributed by atoms with E-state index in [1.165, 1.54) is 16.7 Å². The highest BCUT2D eigenvalue weighted by atomic mass is 16.5. The first-order chi connectivity index (χ1) is 11.3. The number of nitrogens with zero attached hydrogens (tertiary/aromatic N) is 1. The van der Waals surface area contributed by atoms with E-state index in [2.05, 4.69) is 41.4 Å². The van der Waals surface area contributed by atoms with Crippen LogP contribution in [0.2, 0.25) is 0 Å². The van der Waals surface area contributed by atoms with E-state index in [1.807, 2.05) is 36.7 Å². The van der Waals surface area contributed by atoms with Crippen LogP contribution in [-0.2, 0) is 0 Å². The van der Waals surface area contributed by atoms with Crippen LogP contribution in [0.1, 0.15) is 22.6 Å². The van der Waals surface area contributed by atoms with E-state index >= 15 is 0 Å². The standard InChI is InChI=1S/C20H19NO2/c1-22-18-7-3-15(4-8-18)20(17-11-13-21-14-12-17)16-5-9-19(23-2)10-6-16/h3-14,20H,1-2H3. The minimum absolute atomic E-state index is 0.148. The summed E-state index contributed by atoms with van der Waals surface area (Å²) in [4.78, 5) is 4.13. The average Bonchev–Trinajstić information content (AvgIpc) is 2.64. The summed E-state index contributed by atoms with van der Waals surface area (Å²) >= 11 is 0. The maximum absolute atomic E-state index is 5.26. The number of benzene rings is 2. The number of hydrogen-bond donors (Lipinski definition) is 0. The van der Waals surface area contributed by atoms with Crippen LogP contribution in [0.4, 0.5) is 0 Å². The smallest absolute Gasteiger partial charge is 0.118 e. The van der Waals surface area contributed by atoms with Crippen molar-refractivity contribution in [2.24, 2.45) is 0 Å². The van der Waals surface area contributed by atoms with Crippen LogP contribution in [-0.4, -0.2) is 19.2 Å². The molecular formula is C20H19NO2. The third kappa shape index (κ3) is 3.34. The number of aromatic nitrogens is 1. The fourth-order valence-electron chi connectivity index (χ4n) is 2.73. The Morgan fingerprint density at radius 2 is 1.00 bits per heavy atom. The monoisotopic (exact) mass is 305 g/mol. The molecular weight excluding hydrogens is 286 g/mol. The minimum atomic E-state index is 0.148. The molecule has 1 heterocycles. The summed E-state index contributed by atoms with van der Waals surface area (Å²) in [6, 6.07) is 20.5. The Hall–Kier alpha value is -2.81. The molecule has 1 aromatic heterocycles. The first-order valence-corrected chi connectivity index (χ1v) is 7.49. The highest BCUT2D eigenvalue weighted by molar-refractivity contribution is 5.45. The molecule has 0 aliphatic carbocycles. The van der Waals surface area contributed by atoms with Crippen molar-refractivity contribution >= 4 is 0 Å². The van der Waals surface area contributed by atoms with Crippen LogP contribution in [0.3, 0.4) is 0 Å². The molecule has 3 rings (SSSR count). The van der Waals surface area contributed by atoms with Crippen molar-refractivity contribution in [2.75, 3.05) is 14.2 Å². The van der Waals surface area contributed by atoms with Crippen molar-refractivity contribution < 1.29 is 9.47 Å². The number of rotatable bonds is 5. The van der Waals surface area contributed by atoms with Gasteiger partial charge in [0, 0.05) is 18.3 Å². The molecule has 0 aliphatic heterocycles. The summed E-state index contributed by atoms with van der Waals surface area (Å²) in [5.74, 6) is 1.86. The molecule has 0 saturated carbocycles. The molecule has 23 heavy (non-hydrogen) atoms. The maximum atomic E-state index is 5.26. The zero-order valence-electron chi connectivity index (χ0n) is 13.3. The third-order valence-electron chi connectivity index (χ3n) is 3.94. The van der Waals surface area contributed by atoms with E-state index < -0.39 is 0 Å².